The predicted octanol–water partition coefficient (Wildman–Crippen LogP) is 6.66. The van der Waals surface area contributed by atoms with Crippen LogP contribution in [0.3, 0.4) is 0 Å². The zero-order valence-electron chi connectivity index (χ0n) is 23.5. The maximum absolute atomic E-state index is 13.0. The largest absolute Gasteiger partial charge is 0.464 e. The number of anilines is 1. The average Bonchev–Trinajstić information content (AvgIpc) is 3.21. The Morgan fingerprint density at radius 1 is 1.06 bits per heavy atom. The minimum Gasteiger partial charge on any atom is -0.464 e. The number of thiazole rings is 1. The summed E-state index contributed by atoms with van der Waals surface area (Å²) in [6.07, 6.45) is 0.826. The molecule has 0 aliphatic carbocycles. The lowest BCUT2D eigenvalue weighted by Gasteiger charge is -2.44. The van der Waals surface area contributed by atoms with Crippen molar-refractivity contribution in [2.24, 2.45) is 0 Å². The third-order valence-electron chi connectivity index (χ3n) is 6.07. The lowest BCUT2D eigenvalue weighted by atomic mass is 10.2. The van der Waals surface area contributed by atoms with E-state index in [-0.39, 0.29) is 11.8 Å². The van der Waals surface area contributed by atoms with E-state index in [9.17, 15) is 9.59 Å². The molecule has 1 rings (SSSR count). The standard InChI is InChI=1S/C25H46N2O6SSi/c1-17(2)35(18(3)4,19(5)6)33-20(15-30-10)13-12-14-27(24(29)32-25(7,8)9)23-26-21(16-34-23)22(28)31-11/h16-20H,12-15H2,1-11H3. The number of nitrogens with zero attached hydrogens (tertiary/aromatic N) is 2. The van der Waals surface area contributed by atoms with Gasteiger partial charge in [-0.2, -0.15) is 0 Å². The fourth-order valence-electron chi connectivity index (χ4n) is 4.70. The van der Waals surface area contributed by atoms with Crippen LogP contribution in [-0.4, -0.2) is 64.4 Å². The average molecular weight is 531 g/mol. The Hall–Kier alpha value is -1.49. The van der Waals surface area contributed by atoms with Gasteiger partial charge in [0.1, 0.15) is 5.60 Å². The summed E-state index contributed by atoms with van der Waals surface area (Å²) in [6, 6.07) is 0. The van der Waals surface area contributed by atoms with E-state index >= 15 is 0 Å². The fourth-order valence-corrected chi connectivity index (χ4v) is 11.1. The summed E-state index contributed by atoms with van der Waals surface area (Å²) in [6.45, 7) is 19.9. The first-order valence-electron chi connectivity index (χ1n) is 12.4. The van der Waals surface area contributed by atoms with Crippen LogP contribution in [0.5, 0.6) is 0 Å². The van der Waals surface area contributed by atoms with Crippen molar-refractivity contribution < 1.29 is 28.2 Å². The monoisotopic (exact) mass is 530 g/mol. The Bertz CT molecular complexity index is 784. The fraction of sp³-hybridized carbons (Fsp3) is 0.800. The molecule has 0 fully saturated rings. The zero-order valence-corrected chi connectivity index (χ0v) is 25.3. The Kier molecular flexibility index (Phi) is 12.4. The highest BCUT2D eigenvalue weighted by Crippen LogP contribution is 2.43. The van der Waals surface area contributed by atoms with Crippen molar-refractivity contribution >= 4 is 36.8 Å². The second-order valence-corrected chi connectivity index (χ2v) is 17.0. The normalized spacial score (nSPS) is 13.4. The van der Waals surface area contributed by atoms with Gasteiger partial charge in [-0.05, 0) is 50.2 Å². The zero-order chi connectivity index (χ0) is 27.0. The van der Waals surface area contributed by atoms with Gasteiger partial charge in [0.15, 0.2) is 10.8 Å². The molecule has 1 atom stereocenters. The highest BCUT2D eigenvalue weighted by atomic mass is 32.1. The van der Waals surface area contributed by atoms with E-state index in [1.54, 1.807) is 12.5 Å². The minimum atomic E-state index is -2.08. The number of aromatic nitrogens is 1. The van der Waals surface area contributed by atoms with Crippen molar-refractivity contribution in [3.63, 3.8) is 0 Å². The Morgan fingerprint density at radius 3 is 2.09 bits per heavy atom. The summed E-state index contributed by atoms with van der Waals surface area (Å²) in [7, 11) is 0.911. The second kappa shape index (κ2) is 13.7. The number of hydrogen-bond acceptors (Lipinski definition) is 8. The highest BCUT2D eigenvalue weighted by molar-refractivity contribution is 7.14. The van der Waals surface area contributed by atoms with Crippen molar-refractivity contribution in [1.82, 2.24) is 4.98 Å². The van der Waals surface area contributed by atoms with Gasteiger partial charge in [0, 0.05) is 19.0 Å². The number of esters is 1. The van der Waals surface area contributed by atoms with Gasteiger partial charge >= 0.3 is 12.1 Å². The summed E-state index contributed by atoms with van der Waals surface area (Å²) in [5.41, 5.74) is 0.908. The van der Waals surface area contributed by atoms with Gasteiger partial charge in [-0.3, -0.25) is 4.90 Å². The van der Waals surface area contributed by atoms with E-state index < -0.39 is 26.0 Å². The molecule has 0 bridgehead atoms. The molecule has 0 N–H and O–H groups in total. The molecule has 10 heteroatoms. The molecule has 0 radical (unpaired) electrons. The number of hydrogen-bond donors (Lipinski definition) is 0. The first-order chi connectivity index (χ1) is 16.2. The van der Waals surface area contributed by atoms with Crippen LogP contribution < -0.4 is 4.90 Å². The van der Waals surface area contributed by atoms with E-state index in [4.69, 9.17) is 18.6 Å². The molecule has 202 valence electrons. The van der Waals surface area contributed by atoms with E-state index in [0.29, 0.717) is 41.3 Å². The van der Waals surface area contributed by atoms with Crippen LogP contribution in [0.1, 0.15) is 85.6 Å². The second-order valence-electron chi connectivity index (χ2n) is 10.8. The number of carbonyl (C=O) groups is 2. The summed E-state index contributed by atoms with van der Waals surface area (Å²) in [5.74, 6) is -0.539. The molecular formula is C25H46N2O6SSi. The molecule has 1 heterocycles. The van der Waals surface area contributed by atoms with Crippen LogP contribution in [-0.2, 0) is 18.6 Å². The summed E-state index contributed by atoms with van der Waals surface area (Å²) >= 11 is 1.21. The van der Waals surface area contributed by atoms with Crippen LogP contribution in [0.25, 0.3) is 0 Å². The van der Waals surface area contributed by atoms with Crippen molar-refractivity contribution in [2.45, 2.75) is 103 Å². The topological polar surface area (TPSA) is 87.2 Å². The molecule has 0 spiro atoms. The van der Waals surface area contributed by atoms with Crippen molar-refractivity contribution in [3.8, 4) is 0 Å². The van der Waals surface area contributed by atoms with Crippen LogP contribution in [0, 0.1) is 0 Å². The van der Waals surface area contributed by atoms with Gasteiger partial charge in [-0.1, -0.05) is 41.5 Å². The lowest BCUT2D eigenvalue weighted by Crippen LogP contribution is -2.51. The number of amides is 1. The smallest absolute Gasteiger partial charge is 0.416 e. The van der Waals surface area contributed by atoms with E-state index in [0.717, 1.165) is 6.42 Å². The van der Waals surface area contributed by atoms with Crippen LogP contribution in [0.15, 0.2) is 5.38 Å². The lowest BCUT2D eigenvalue weighted by molar-refractivity contribution is 0.0551. The van der Waals surface area contributed by atoms with E-state index in [1.807, 2.05) is 20.8 Å². The number of ether oxygens (including phenoxy) is 3. The van der Waals surface area contributed by atoms with Crippen molar-refractivity contribution in [1.29, 1.82) is 0 Å². The molecule has 1 aromatic heterocycles. The molecular weight excluding hydrogens is 484 g/mol. The Labute approximate surface area is 216 Å². The molecule has 35 heavy (non-hydrogen) atoms. The first kappa shape index (κ1) is 31.5. The van der Waals surface area contributed by atoms with E-state index in [1.165, 1.54) is 23.3 Å². The number of carbonyl (C=O) groups excluding carboxylic acids is 2. The van der Waals surface area contributed by atoms with Gasteiger partial charge in [0.25, 0.3) is 0 Å². The van der Waals surface area contributed by atoms with Gasteiger partial charge in [-0.25, -0.2) is 14.6 Å². The highest BCUT2D eigenvalue weighted by Gasteiger charge is 2.46. The quantitative estimate of drug-likeness (QED) is 0.208. The molecule has 1 unspecified atom stereocenters. The third-order valence-corrected chi connectivity index (χ3v) is 13.1. The predicted molar refractivity (Wildman–Crippen MR) is 144 cm³/mol. The maximum Gasteiger partial charge on any atom is 0.416 e. The molecule has 0 saturated carbocycles. The first-order valence-corrected chi connectivity index (χ1v) is 15.4. The van der Waals surface area contributed by atoms with Crippen molar-refractivity contribution in [3.05, 3.63) is 11.1 Å². The SMILES string of the molecule is COCC(CCCN(C(=O)OC(C)(C)C)c1nc(C(=O)OC)cs1)O[Si](C(C)C)(C(C)C)C(C)C. The third kappa shape index (κ3) is 8.84. The van der Waals surface area contributed by atoms with Crippen LogP contribution in [0.2, 0.25) is 16.6 Å². The van der Waals surface area contributed by atoms with Crippen molar-refractivity contribution in [2.75, 3.05) is 32.3 Å². The van der Waals surface area contributed by atoms with Gasteiger partial charge < -0.3 is 18.6 Å². The number of methoxy groups -OCH3 is 2. The van der Waals surface area contributed by atoms with Crippen LogP contribution in [0.4, 0.5) is 9.93 Å². The van der Waals surface area contributed by atoms with Gasteiger partial charge in [0.05, 0.1) is 19.8 Å². The summed E-state index contributed by atoms with van der Waals surface area (Å²) < 4.78 is 22.8. The van der Waals surface area contributed by atoms with Gasteiger partial charge in [-0.15, -0.1) is 11.3 Å². The maximum atomic E-state index is 13.0. The molecule has 1 aromatic rings. The number of rotatable bonds is 13. The molecule has 1 amide bonds. The van der Waals surface area contributed by atoms with E-state index in [2.05, 4.69) is 46.5 Å². The summed E-state index contributed by atoms with van der Waals surface area (Å²) in [4.78, 5) is 30.7. The van der Waals surface area contributed by atoms with Gasteiger partial charge in [0.2, 0.25) is 8.32 Å². The molecule has 0 aliphatic rings. The molecule has 0 aliphatic heterocycles. The Morgan fingerprint density at radius 2 is 1.63 bits per heavy atom. The minimum absolute atomic E-state index is 0.0683. The molecule has 0 saturated heterocycles. The molecule has 8 nitrogen and oxygen atoms in total. The molecule has 0 aromatic carbocycles. The van der Waals surface area contributed by atoms with Crippen LogP contribution >= 0.6 is 11.3 Å². The summed E-state index contributed by atoms with van der Waals surface area (Å²) in [5, 5.41) is 1.99. The Balaban J connectivity index is 3.08.